The SMILES string of the molecule is c1cc2c(cc1[C@H]1CC[C@H]1c1ccc3c(c1)OCCOCCOCCOCCOCCO3)OCCOCCOCCOCCOCCO2. The molecule has 0 N–H and O–H groups in total. The molecule has 2 aliphatic heterocycles. The Kier molecular flexibility index (Phi) is 16.9. The average Bonchev–Trinajstić information content (AvgIpc) is 3.08. The van der Waals surface area contributed by atoms with Gasteiger partial charge in [-0.15, -0.1) is 0 Å². The Bertz CT molecular complexity index is 1070. The van der Waals surface area contributed by atoms with Crippen LogP contribution in [0.4, 0.5) is 0 Å². The zero-order chi connectivity index (χ0) is 32.9. The number of benzene rings is 2. The lowest BCUT2D eigenvalue weighted by Crippen LogP contribution is -2.22. The van der Waals surface area contributed by atoms with E-state index in [0.717, 1.165) is 12.8 Å². The summed E-state index contributed by atoms with van der Waals surface area (Å²) in [4.78, 5) is 0. The molecule has 12 nitrogen and oxygen atoms in total. The minimum Gasteiger partial charge on any atom is -0.487 e. The highest BCUT2D eigenvalue weighted by molar-refractivity contribution is 5.48. The van der Waals surface area contributed by atoms with Crippen LogP contribution in [0.3, 0.4) is 0 Å². The molecule has 0 bridgehead atoms. The molecule has 12 heteroatoms. The van der Waals surface area contributed by atoms with Gasteiger partial charge in [-0.25, -0.2) is 0 Å². The van der Waals surface area contributed by atoms with Gasteiger partial charge in [0, 0.05) is 0 Å². The maximum Gasteiger partial charge on any atom is 0.161 e. The fourth-order valence-corrected chi connectivity index (χ4v) is 5.64. The Balaban J connectivity index is 1.23. The molecule has 48 heavy (non-hydrogen) atoms. The molecule has 5 rings (SSSR count). The van der Waals surface area contributed by atoms with Gasteiger partial charge in [0.1, 0.15) is 26.4 Å². The van der Waals surface area contributed by atoms with Gasteiger partial charge in [-0.1, -0.05) is 12.1 Å². The first kappa shape index (κ1) is 36.6. The molecule has 2 atom stereocenters. The van der Waals surface area contributed by atoms with E-state index in [1.807, 2.05) is 12.1 Å². The van der Waals surface area contributed by atoms with Crippen molar-refractivity contribution in [2.45, 2.75) is 24.7 Å². The first-order valence-electron chi connectivity index (χ1n) is 17.3. The number of fused-ring (bicyclic) bond motifs is 2. The smallest absolute Gasteiger partial charge is 0.161 e. The van der Waals surface area contributed by atoms with E-state index >= 15 is 0 Å². The van der Waals surface area contributed by atoms with Crippen molar-refractivity contribution in [3.8, 4) is 23.0 Å². The van der Waals surface area contributed by atoms with E-state index in [2.05, 4.69) is 24.3 Å². The van der Waals surface area contributed by atoms with Crippen LogP contribution in [0.5, 0.6) is 23.0 Å². The van der Waals surface area contributed by atoms with E-state index in [9.17, 15) is 0 Å². The third-order valence-electron chi connectivity index (χ3n) is 8.24. The van der Waals surface area contributed by atoms with Gasteiger partial charge in [0.05, 0.1) is 106 Å². The molecule has 0 amide bonds. The summed E-state index contributed by atoms with van der Waals surface area (Å²) in [6.07, 6.45) is 2.16. The number of hydrogen-bond donors (Lipinski definition) is 0. The summed E-state index contributed by atoms with van der Waals surface area (Å²) in [7, 11) is 0. The van der Waals surface area contributed by atoms with Gasteiger partial charge < -0.3 is 56.8 Å². The monoisotopic (exact) mass is 676 g/mol. The van der Waals surface area contributed by atoms with Gasteiger partial charge in [-0.2, -0.15) is 0 Å². The lowest BCUT2D eigenvalue weighted by molar-refractivity contribution is -0.00843. The zero-order valence-electron chi connectivity index (χ0n) is 28.1. The maximum absolute atomic E-state index is 6.19. The Labute approximate surface area is 284 Å². The van der Waals surface area contributed by atoms with E-state index in [0.29, 0.717) is 167 Å². The summed E-state index contributed by atoms with van der Waals surface area (Å²) in [5, 5.41) is 0. The van der Waals surface area contributed by atoms with Crippen molar-refractivity contribution in [1.82, 2.24) is 0 Å². The van der Waals surface area contributed by atoms with Crippen molar-refractivity contribution in [2.75, 3.05) is 132 Å². The minimum absolute atomic E-state index is 0.334. The highest BCUT2D eigenvalue weighted by atomic mass is 16.6. The van der Waals surface area contributed by atoms with E-state index in [-0.39, 0.29) is 0 Å². The first-order chi connectivity index (χ1) is 23.9. The molecule has 3 aliphatic rings. The second kappa shape index (κ2) is 22.1. The zero-order valence-corrected chi connectivity index (χ0v) is 28.1. The van der Waals surface area contributed by atoms with E-state index in [1.165, 1.54) is 11.1 Å². The fourth-order valence-electron chi connectivity index (χ4n) is 5.64. The summed E-state index contributed by atoms with van der Waals surface area (Å²) in [6, 6.07) is 12.5. The van der Waals surface area contributed by atoms with Gasteiger partial charge >= 0.3 is 0 Å². The van der Waals surface area contributed by atoms with E-state index in [4.69, 9.17) is 56.8 Å². The van der Waals surface area contributed by atoms with Gasteiger partial charge in [0.2, 0.25) is 0 Å². The number of ether oxygens (including phenoxy) is 12. The molecule has 2 aromatic rings. The van der Waals surface area contributed by atoms with Crippen molar-refractivity contribution in [1.29, 1.82) is 0 Å². The third-order valence-corrected chi connectivity index (χ3v) is 8.24. The van der Waals surface area contributed by atoms with E-state index in [1.54, 1.807) is 0 Å². The molecule has 0 unspecified atom stereocenters. The Morgan fingerprint density at radius 3 is 0.812 bits per heavy atom. The molecular weight excluding hydrogens is 624 g/mol. The van der Waals surface area contributed by atoms with Gasteiger partial charge in [-0.3, -0.25) is 0 Å². The summed E-state index contributed by atoms with van der Waals surface area (Å²) in [5.41, 5.74) is 2.43. The summed E-state index contributed by atoms with van der Waals surface area (Å²) in [6.45, 7) is 9.68. The predicted molar refractivity (Wildman–Crippen MR) is 176 cm³/mol. The second-order valence-corrected chi connectivity index (χ2v) is 11.5. The molecule has 0 spiro atoms. The minimum atomic E-state index is 0.334. The Hall–Kier alpha value is -2.68. The molecule has 1 fully saturated rings. The van der Waals surface area contributed by atoms with Crippen molar-refractivity contribution >= 4 is 0 Å². The molecule has 2 heterocycles. The van der Waals surface area contributed by atoms with Crippen LogP contribution in [0.2, 0.25) is 0 Å². The molecule has 2 aromatic carbocycles. The van der Waals surface area contributed by atoms with Gasteiger partial charge in [0.15, 0.2) is 23.0 Å². The summed E-state index contributed by atoms with van der Waals surface area (Å²) < 4.78 is 69.4. The fraction of sp³-hybridized carbons (Fsp3) is 0.667. The molecular formula is C36H52O12. The topological polar surface area (TPSA) is 111 Å². The predicted octanol–water partition coefficient (Wildman–Crippen LogP) is 4.02. The standard InChI is InChI=1S/C36H52O12/c1-5-33-35(47-25-21-43-17-13-39-9-7-37-11-15-41-19-23-45-33)27-29(1)31-3-4-32(31)30-2-6-34-36(28-30)48-26-22-44-18-14-40-10-8-38-12-16-42-20-24-46-34/h1-2,5-6,27-28,31-32H,3-4,7-26H2/t31-,32+. The van der Waals surface area contributed by atoms with Crippen molar-refractivity contribution in [3.05, 3.63) is 47.5 Å². The van der Waals surface area contributed by atoms with Crippen molar-refractivity contribution < 1.29 is 56.8 Å². The van der Waals surface area contributed by atoms with Crippen LogP contribution < -0.4 is 18.9 Å². The van der Waals surface area contributed by atoms with Crippen molar-refractivity contribution in [2.24, 2.45) is 0 Å². The van der Waals surface area contributed by atoms with Crippen LogP contribution in [0, 0.1) is 0 Å². The highest BCUT2D eigenvalue weighted by Crippen LogP contribution is 2.51. The lowest BCUT2D eigenvalue weighted by Gasteiger charge is -2.38. The van der Waals surface area contributed by atoms with Crippen LogP contribution in [0.1, 0.15) is 35.8 Å². The lowest BCUT2D eigenvalue weighted by atomic mass is 9.67. The van der Waals surface area contributed by atoms with Crippen molar-refractivity contribution in [3.63, 3.8) is 0 Å². The number of hydrogen-bond acceptors (Lipinski definition) is 12. The van der Waals surface area contributed by atoms with E-state index < -0.39 is 0 Å². The maximum atomic E-state index is 6.19. The Morgan fingerprint density at radius 2 is 0.542 bits per heavy atom. The molecule has 1 saturated carbocycles. The Morgan fingerprint density at radius 1 is 0.292 bits per heavy atom. The second-order valence-electron chi connectivity index (χ2n) is 11.5. The van der Waals surface area contributed by atoms with Gasteiger partial charge in [-0.05, 0) is 60.1 Å². The first-order valence-corrected chi connectivity index (χ1v) is 17.3. The number of rotatable bonds is 2. The summed E-state index contributed by atoms with van der Waals surface area (Å²) in [5.74, 6) is 3.47. The molecule has 0 saturated heterocycles. The molecule has 1 aliphatic carbocycles. The van der Waals surface area contributed by atoms with Gasteiger partial charge in [0.25, 0.3) is 0 Å². The highest BCUT2D eigenvalue weighted by Gasteiger charge is 2.34. The molecule has 0 aromatic heterocycles. The van der Waals surface area contributed by atoms with Crippen LogP contribution in [0.25, 0.3) is 0 Å². The van der Waals surface area contributed by atoms with Crippen LogP contribution >= 0.6 is 0 Å². The summed E-state index contributed by atoms with van der Waals surface area (Å²) >= 11 is 0. The third kappa shape index (κ3) is 12.6. The quantitative estimate of drug-likeness (QED) is 0.458. The van der Waals surface area contributed by atoms with Crippen LogP contribution in [-0.4, -0.2) is 132 Å². The van der Waals surface area contributed by atoms with Crippen LogP contribution in [-0.2, 0) is 37.9 Å². The largest absolute Gasteiger partial charge is 0.487 e. The molecule has 0 radical (unpaired) electrons. The molecule has 268 valence electrons. The van der Waals surface area contributed by atoms with Crippen LogP contribution in [0.15, 0.2) is 36.4 Å². The normalized spacial score (nSPS) is 24.1. The average molecular weight is 677 g/mol.